The monoisotopic (exact) mass is 350 g/mol. The van der Waals surface area contributed by atoms with Crippen LogP contribution < -0.4 is 4.90 Å². The Kier molecular flexibility index (Phi) is 6.08. The highest BCUT2D eigenvalue weighted by Crippen LogP contribution is 2.27. The van der Waals surface area contributed by atoms with Crippen LogP contribution in [0.1, 0.15) is 25.3 Å². The van der Waals surface area contributed by atoms with Crippen molar-refractivity contribution in [2.75, 3.05) is 11.4 Å². The van der Waals surface area contributed by atoms with Gasteiger partial charge in [-0.2, -0.15) is 0 Å². The number of halogens is 1. The first-order valence-electron chi connectivity index (χ1n) is 8.76. The Bertz CT molecular complexity index is 785. The molecule has 1 aromatic heterocycles. The maximum Gasteiger partial charge on any atom is 0.0435 e. The lowest BCUT2D eigenvalue weighted by molar-refractivity contribution is 0.716. The van der Waals surface area contributed by atoms with E-state index in [4.69, 9.17) is 11.6 Å². The molecule has 2 nitrogen and oxygen atoms in total. The highest BCUT2D eigenvalue weighted by Gasteiger charge is 2.11. The van der Waals surface area contributed by atoms with Gasteiger partial charge in [0.05, 0.1) is 0 Å². The van der Waals surface area contributed by atoms with E-state index in [0.717, 1.165) is 30.1 Å². The van der Waals surface area contributed by atoms with E-state index in [0.29, 0.717) is 0 Å². The minimum atomic E-state index is 0.773. The van der Waals surface area contributed by atoms with E-state index in [1.807, 2.05) is 30.6 Å². The third kappa shape index (κ3) is 4.61. The third-order valence-corrected chi connectivity index (χ3v) is 4.58. The number of anilines is 1. The molecule has 0 bridgehead atoms. The molecule has 0 aliphatic rings. The Morgan fingerprint density at radius 2 is 1.76 bits per heavy atom. The van der Waals surface area contributed by atoms with E-state index in [2.05, 4.69) is 59.3 Å². The van der Waals surface area contributed by atoms with Gasteiger partial charge in [-0.15, -0.1) is 0 Å². The summed E-state index contributed by atoms with van der Waals surface area (Å²) in [6.07, 6.45) is 6.08. The number of unbranched alkanes of at least 4 members (excludes halogenated alkanes) is 1. The second-order valence-corrected chi connectivity index (χ2v) is 6.59. The summed E-state index contributed by atoms with van der Waals surface area (Å²) in [6.45, 7) is 4.12. The van der Waals surface area contributed by atoms with Gasteiger partial charge in [-0.25, -0.2) is 0 Å². The number of hydrogen-bond donors (Lipinski definition) is 0. The molecule has 0 fully saturated rings. The minimum Gasteiger partial charge on any atom is -0.367 e. The van der Waals surface area contributed by atoms with Crippen LogP contribution in [0, 0.1) is 0 Å². The SMILES string of the molecule is CCCCN(Cc1ccccc1-c1cccnc1)c1ccc(Cl)cc1. The van der Waals surface area contributed by atoms with Crippen LogP contribution in [0.15, 0.2) is 73.1 Å². The molecule has 0 saturated carbocycles. The Morgan fingerprint density at radius 3 is 2.48 bits per heavy atom. The number of pyridine rings is 1. The van der Waals surface area contributed by atoms with Crippen LogP contribution in [0.5, 0.6) is 0 Å². The lowest BCUT2D eigenvalue weighted by Gasteiger charge is -2.26. The second-order valence-electron chi connectivity index (χ2n) is 6.15. The summed E-state index contributed by atoms with van der Waals surface area (Å²) in [5, 5.41) is 0.773. The van der Waals surface area contributed by atoms with Crippen LogP contribution in [0.2, 0.25) is 5.02 Å². The molecule has 2 aromatic carbocycles. The van der Waals surface area contributed by atoms with Gasteiger partial charge < -0.3 is 4.90 Å². The van der Waals surface area contributed by atoms with E-state index in [1.54, 1.807) is 0 Å². The van der Waals surface area contributed by atoms with Gasteiger partial charge in [-0.1, -0.05) is 55.3 Å². The summed E-state index contributed by atoms with van der Waals surface area (Å²) in [5.41, 5.74) is 4.91. The van der Waals surface area contributed by atoms with Crippen LogP contribution in [0.3, 0.4) is 0 Å². The number of rotatable bonds is 7. The van der Waals surface area contributed by atoms with Gasteiger partial charge in [0, 0.05) is 41.8 Å². The molecule has 0 aliphatic carbocycles. The van der Waals surface area contributed by atoms with Crippen molar-refractivity contribution in [2.45, 2.75) is 26.3 Å². The summed E-state index contributed by atoms with van der Waals surface area (Å²) in [7, 11) is 0. The van der Waals surface area contributed by atoms with Crippen molar-refractivity contribution in [3.63, 3.8) is 0 Å². The second kappa shape index (κ2) is 8.68. The fourth-order valence-electron chi connectivity index (χ4n) is 2.97. The van der Waals surface area contributed by atoms with E-state index in [-0.39, 0.29) is 0 Å². The first-order valence-corrected chi connectivity index (χ1v) is 9.14. The van der Waals surface area contributed by atoms with Gasteiger partial charge in [-0.05, 0) is 47.9 Å². The van der Waals surface area contributed by atoms with Crippen LogP contribution >= 0.6 is 11.6 Å². The average Bonchev–Trinajstić information content (AvgIpc) is 2.67. The maximum absolute atomic E-state index is 6.06. The summed E-state index contributed by atoms with van der Waals surface area (Å²) < 4.78 is 0. The molecule has 0 atom stereocenters. The van der Waals surface area contributed by atoms with Gasteiger partial charge in [0.15, 0.2) is 0 Å². The van der Waals surface area contributed by atoms with Crippen molar-refractivity contribution in [2.24, 2.45) is 0 Å². The van der Waals surface area contributed by atoms with Crippen LogP contribution in [-0.4, -0.2) is 11.5 Å². The van der Waals surface area contributed by atoms with Crippen molar-refractivity contribution in [1.29, 1.82) is 0 Å². The molecule has 0 N–H and O–H groups in total. The molecule has 3 rings (SSSR count). The van der Waals surface area contributed by atoms with E-state index in [1.165, 1.54) is 23.2 Å². The van der Waals surface area contributed by atoms with Gasteiger partial charge in [0.1, 0.15) is 0 Å². The molecular weight excluding hydrogens is 328 g/mol. The largest absolute Gasteiger partial charge is 0.367 e. The predicted octanol–water partition coefficient (Wildman–Crippen LogP) is 6.21. The molecule has 0 saturated heterocycles. The summed E-state index contributed by atoms with van der Waals surface area (Å²) in [5.74, 6) is 0. The molecule has 0 aliphatic heterocycles. The predicted molar refractivity (Wildman–Crippen MR) is 107 cm³/mol. The Balaban J connectivity index is 1.91. The smallest absolute Gasteiger partial charge is 0.0435 e. The Labute approximate surface area is 155 Å². The third-order valence-electron chi connectivity index (χ3n) is 4.32. The normalized spacial score (nSPS) is 10.6. The van der Waals surface area contributed by atoms with Crippen LogP contribution in [-0.2, 0) is 6.54 Å². The van der Waals surface area contributed by atoms with Crippen LogP contribution in [0.4, 0.5) is 5.69 Å². The summed E-state index contributed by atoms with van der Waals surface area (Å²) in [6, 6.07) is 20.8. The van der Waals surface area contributed by atoms with Crippen molar-refractivity contribution in [3.05, 3.63) is 83.6 Å². The summed E-state index contributed by atoms with van der Waals surface area (Å²) >= 11 is 6.06. The first-order chi connectivity index (χ1) is 12.3. The maximum atomic E-state index is 6.06. The molecule has 3 heteroatoms. The standard InChI is InChI=1S/C22H23ClN2/c1-2-3-15-25(21-12-10-20(23)11-13-21)17-19-7-4-5-9-22(19)18-8-6-14-24-16-18/h4-14,16H,2-3,15,17H2,1H3. The fourth-order valence-corrected chi connectivity index (χ4v) is 3.09. The zero-order chi connectivity index (χ0) is 17.5. The first kappa shape index (κ1) is 17.5. The van der Waals surface area contributed by atoms with E-state index < -0.39 is 0 Å². The van der Waals surface area contributed by atoms with E-state index in [9.17, 15) is 0 Å². The fraction of sp³-hybridized carbons (Fsp3) is 0.227. The topological polar surface area (TPSA) is 16.1 Å². The van der Waals surface area contributed by atoms with Gasteiger partial charge in [-0.3, -0.25) is 4.98 Å². The van der Waals surface area contributed by atoms with Crippen molar-refractivity contribution in [3.8, 4) is 11.1 Å². The minimum absolute atomic E-state index is 0.773. The lowest BCUT2D eigenvalue weighted by Crippen LogP contribution is -2.24. The van der Waals surface area contributed by atoms with Crippen molar-refractivity contribution >= 4 is 17.3 Å². The highest BCUT2D eigenvalue weighted by molar-refractivity contribution is 6.30. The van der Waals surface area contributed by atoms with Gasteiger partial charge in [0.2, 0.25) is 0 Å². The molecular formula is C22H23ClN2. The number of aromatic nitrogens is 1. The number of benzene rings is 2. The highest BCUT2D eigenvalue weighted by atomic mass is 35.5. The Morgan fingerprint density at radius 1 is 0.960 bits per heavy atom. The van der Waals surface area contributed by atoms with Crippen molar-refractivity contribution in [1.82, 2.24) is 4.98 Å². The lowest BCUT2D eigenvalue weighted by atomic mass is 10.0. The average molecular weight is 351 g/mol. The number of nitrogens with zero attached hydrogens (tertiary/aromatic N) is 2. The quantitative estimate of drug-likeness (QED) is 0.503. The number of hydrogen-bond acceptors (Lipinski definition) is 2. The van der Waals surface area contributed by atoms with E-state index >= 15 is 0 Å². The molecule has 0 amide bonds. The van der Waals surface area contributed by atoms with Crippen LogP contribution in [0.25, 0.3) is 11.1 Å². The molecule has 0 radical (unpaired) electrons. The molecule has 1 heterocycles. The molecule has 3 aromatic rings. The molecule has 128 valence electrons. The van der Waals surface area contributed by atoms with Crippen molar-refractivity contribution < 1.29 is 0 Å². The molecule has 0 spiro atoms. The zero-order valence-corrected chi connectivity index (χ0v) is 15.3. The Hall–Kier alpha value is -2.32. The zero-order valence-electron chi connectivity index (χ0n) is 14.5. The molecule has 0 unspecified atom stereocenters. The summed E-state index contributed by atoms with van der Waals surface area (Å²) in [4.78, 5) is 6.70. The molecule has 25 heavy (non-hydrogen) atoms. The van der Waals surface area contributed by atoms with Gasteiger partial charge >= 0.3 is 0 Å². The van der Waals surface area contributed by atoms with Gasteiger partial charge in [0.25, 0.3) is 0 Å².